The number of esters is 1. The van der Waals surface area contributed by atoms with Gasteiger partial charge in [0.1, 0.15) is 12.3 Å². The van der Waals surface area contributed by atoms with E-state index in [0.29, 0.717) is 13.2 Å². The summed E-state index contributed by atoms with van der Waals surface area (Å²) in [5.74, 6) is 0.332. The second kappa shape index (κ2) is 6.68. The smallest absolute Gasteiger partial charge is 0.325 e. The highest BCUT2D eigenvalue weighted by Crippen LogP contribution is 2.10. The summed E-state index contributed by atoms with van der Waals surface area (Å²) in [6.45, 7) is 4.16. The lowest BCUT2D eigenvalue weighted by Crippen LogP contribution is -2.39. The Morgan fingerprint density at radius 3 is 2.78 bits per heavy atom. The molecule has 2 amide bonds. The number of hydrogen-bond acceptors (Lipinski definition) is 4. The molecule has 0 bridgehead atoms. The van der Waals surface area contributed by atoms with Crippen LogP contribution in [0.2, 0.25) is 0 Å². The zero-order valence-corrected chi connectivity index (χ0v) is 10.9. The van der Waals surface area contributed by atoms with Crippen LogP contribution in [-0.4, -0.2) is 37.1 Å². The van der Waals surface area contributed by atoms with Crippen LogP contribution >= 0.6 is 0 Å². The van der Waals surface area contributed by atoms with Gasteiger partial charge in [0.05, 0.1) is 19.4 Å². The zero-order chi connectivity index (χ0) is 13.5. The van der Waals surface area contributed by atoms with Gasteiger partial charge in [0.2, 0.25) is 0 Å². The third-order valence-electron chi connectivity index (χ3n) is 2.41. The summed E-state index contributed by atoms with van der Waals surface area (Å²) in [6, 6.07) is 1.48. The molecule has 6 heteroatoms. The Hall–Kier alpha value is -1.98. The van der Waals surface area contributed by atoms with Crippen LogP contribution in [-0.2, 0) is 16.1 Å². The quantitative estimate of drug-likeness (QED) is 0.804. The molecule has 0 atom stereocenters. The van der Waals surface area contributed by atoms with Gasteiger partial charge in [-0.15, -0.1) is 0 Å². The number of amides is 2. The van der Waals surface area contributed by atoms with E-state index in [0.717, 1.165) is 11.3 Å². The minimum atomic E-state index is -0.446. The molecule has 1 aromatic heterocycles. The highest BCUT2D eigenvalue weighted by atomic mass is 16.5. The van der Waals surface area contributed by atoms with E-state index < -0.39 is 5.97 Å². The van der Waals surface area contributed by atoms with E-state index in [9.17, 15) is 9.59 Å². The number of ether oxygens (including phenoxy) is 1. The van der Waals surface area contributed by atoms with Crippen LogP contribution in [0, 0.1) is 6.92 Å². The van der Waals surface area contributed by atoms with E-state index in [1.54, 1.807) is 20.2 Å². The highest BCUT2D eigenvalue weighted by molar-refractivity contribution is 5.80. The molecule has 18 heavy (non-hydrogen) atoms. The molecular weight excluding hydrogens is 236 g/mol. The number of furan rings is 1. The summed E-state index contributed by atoms with van der Waals surface area (Å²) in [5.41, 5.74) is 0.934. The minimum Gasteiger partial charge on any atom is -0.469 e. The summed E-state index contributed by atoms with van der Waals surface area (Å²) in [5, 5.41) is 2.48. The number of carbonyl (C=O) groups excluding carboxylic acids is 2. The predicted molar refractivity (Wildman–Crippen MR) is 64.9 cm³/mol. The Morgan fingerprint density at radius 2 is 2.22 bits per heavy atom. The fourth-order valence-electron chi connectivity index (χ4n) is 1.40. The number of urea groups is 1. The molecule has 0 saturated heterocycles. The van der Waals surface area contributed by atoms with Crippen molar-refractivity contribution in [2.24, 2.45) is 0 Å². The maximum Gasteiger partial charge on any atom is 0.325 e. The summed E-state index contributed by atoms with van der Waals surface area (Å²) in [6.07, 6.45) is 1.58. The molecule has 0 aliphatic carbocycles. The van der Waals surface area contributed by atoms with E-state index in [-0.39, 0.29) is 12.6 Å². The van der Waals surface area contributed by atoms with Crippen LogP contribution in [0.15, 0.2) is 16.7 Å². The number of nitrogens with zero attached hydrogens (tertiary/aromatic N) is 1. The zero-order valence-electron chi connectivity index (χ0n) is 10.9. The first-order valence-corrected chi connectivity index (χ1v) is 5.72. The lowest BCUT2D eigenvalue weighted by molar-refractivity contribution is -0.141. The molecule has 0 aliphatic heterocycles. The van der Waals surface area contributed by atoms with Crippen molar-refractivity contribution in [3.63, 3.8) is 0 Å². The van der Waals surface area contributed by atoms with Crippen LogP contribution in [0.1, 0.15) is 18.2 Å². The molecule has 0 aromatic carbocycles. The van der Waals surface area contributed by atoms with Crippen LogP contribution < -0.4 is 5.32 Å². The molecule has 1 rings (SSSR count). The second-order valence-electron chi connectivity index (χ2n) is 3.82. The molecule has 1 N–H and O–H groups in total. The van der Waals surface area contributed by atoms with Crippen LogP contribution in [0.4, 0.5) is 4.79 Å². The third-order valence-corrected chi connectivity index (χ3v) is 2.41. The highest BCUT2D eigenvalue weighted by Gasteiger charge is 2.12. The molecule has 0 unspecified atom stereocenters. The van der Waals surface area contributed by atoms with Gasteiger partial charge in [0, 0.05) is 12.6 Å². The molecule has 1 aromatic rings. The maximum absolute atomic E-state index is 11.7. The normalized spacial score (nSPS) is 9.94. The van der Waals surface area contributed by atoms with Crippen molar-refractivity contribution in [3.8, 4) is 0 Å². The van der Waals surface area contributed by atoms with Crippen molar-refractivity contribution < 1.29 is 18.7 Å². The average Bonchev–Trinajstić information content (AvgIpc) is 2.72. The Kier molecular flexibility index (Phi) is 5.23. The van der Waals surface area contributed by atoms with Crippen molar-refractivity contribution in [1.82, 2.24) is 10.2 Å². The van der Waals surface area contributed by atoms with Crippen molar-refractivity contribution in [2.45, 2.75) is 20.4 Å². The van der Waals surface area contributed by atoms with Crippen LogP contribution in [0.5, 0.6) is 0 Å². The van der Waals surface area contributed by atoms with E-state index >= 15 is 0 Å². The van der Waals surface area contributed by atoms with E-state index in [4.69, 9.17) is 9.15 Å². The Morgan fingerprint density at radius 1 is 1.50 bits per heavy atom. The van der Waals surface area contributed by atoms with Crippen molar-refractivity contribution >= 4 is 12.0 Å². The van der Waals surface area contributed by atoms with Gasteiger partial charge < -0.3 is 19.4 Å². The average molecular weight is 254 g/mol. The Balaban J connectivity index is 2.38. The summed E-state index contributed by atoms with van der Waals surface area (Å²) < 4.78 is 9.85. The molecule has 0 fully saturated rings. The number of aryl methyl sites for hydroxylation is 1. The molecule has 0 radical (unpaired) electrons. The van der Waals surface area contributed by atoms with Gasteiger partial charge in [-0.3, -0.25) is 4.79 Å². The number of nitrogens with one attached hydrogen (secondary N) is 1. The lowest BCUT2D eigenvalue weighted by atomic mass is 10.2. The molecule has 1 heterocycles. The Labute approximate surface area is 106 Å². The monoisotopic (exact) mass is 254 g/mol. The first kappa shape index (κ1) is 14.1. The molecule has 0 aliphatic rings. The number of hydrogen-bond donors (Lipinski definition) is 1. The Bertz CT molecular complexity index is 414. The van der Waals surface area contributed by atoms with Gasteiger partial charge in [0.25, 0.3) is 0 Å². The van der Waals surface area contributed by atoms with E-state index in [2.05, 4.69) is 5.32 Å². The van der Waals surface area contributed by atoms with Gasteiger partial charge in [-0.1, -0.05) is 0 Å². The minimum absolute atomic E-state index is 0.124. The van der Waals surface area contributed by atoms with E-state index in [1.807, 2.05) is 13.0 Å². The van der Waals surface area contributed by atoms with E-state index in [1.165, 1.54) is 4.90 Å². The molecule has 0 saturated carbocycles. The van der Waals surface area contributed by atoms with Gasteiger partial charge in [0.15, 0.2) is 0 Å². The maximum atomic E-state index is 11.7. The molecule has 6 nitrogen and oxygen atoms in total. The number of carbonyl (C=O) groups is 2. The molecule has 0 spiro atoms. The van der Waals surface area contributed by atoms with Gasteiger partial charge >= 0.3 is 12.0 Å². The molecular formula is C12H18N2O4. The summed E-state index contributed by atoms with van der Waals surface area (Å²) in [4.78, 5) is 24.2. The first-order valence-electron chi connectivity index (χ1n) is 5.72. The first-order chi connectivity index (χ1) is 8.54. The van der Waals surface area contributed by atoms with Crippen molar-refractivity contribution in [3.05, 3.63) is 23.7 Å². The summed E-state index contributed by atoms with van der Waals surface area (Å²) >= 11 is 0. The van der Waals surface area contributed by atoms with Crippen LogP contribution in [0.3, 0.4) is 0 Å². The van der Waals surface area contributed by atoms with Gasteiger partial charge in [-0.25, -0.2) is 4.79 Å². The predicted octanol–water partition coefficient (Wildman–Crippen LogP) is 1.29. The lowest BCUT2D eigenvalue weighted by Gasteiger charge is -2.17. The fourth-order valence-corrected chi connectivity index (χ4v) is 1.40. The molecule has 100 valence electrons. The summed E-state index contributed by atoms with van der Waals surface area (Å²) in [7, 11) is 1.65. The third kappa shape index (κ3) is 4.12. The fraction of sp³-hybridized carbons (Fsp3) is 0.500. The second-order valence-corrected chi connectivity index (χ2v) is 3.82. The largest absolute Gasteiger partial charge is 0.469 e. The van der Waals surface area contributed by atoms with Crippen LogP contribution in [0.25, 0.3) is 0 Å². The number of rotatable bonds is 5. The standard InChI is InChI=1S/C12H18N2O4/c1-4-17-11(15)7-13-12(16)14(3)8-10-5-6-18-9(10)2/h5-6H,4,7-8H2,1-3H3,(H,13,16). The van der Waals surface area contributed by atoms with Gasteiger partial charge in [-0.05, 0) is 19.9 Å². The SMILES string of the molecule is CCOC(=O)CNC(=O)N(C)Cc1ccoc1C. The van der Waals surface area contributed by atoms with Crippen molar-refractivity contribution in [2.75, 3.05) is 20.2 Å². The van der Waals surface area contributed by atoms with Gasteiger partial charge in [-0.2, -0.15) is 0 Å². The van der Waals surface area contributed by atoms with Crippen molar-refractivity contribution in [1.29, 1.82) is 0 Å². The topological polar surface area (TPSA) is 71.8 Å².